The molecule has 3 aromatic carbocycles. The van der Waals surface area contributed by atoms with Crippen molar-refractivity contribution in [1.82, 2.24) is 4.72 Å². The predicted molar refractivity (Wildman–Crippen MR) is 157 cm³/mol. The fourth-order valence-electron chi connectivity index (χ4n) is 4.39. The normalized spacial score (nSPS) is 14.7. The van der Waals surface area contributed by atoms with E-state index in [-0.39, 0.29) is 11.3 Å². The highest BCUT2D eigenvalue weighted by Crippen LogP contribution is 2.33. The van der Waals surface area contributed by atoms with Crippen LogP contribution in [0.4, 0.5) is 17.1 Å². The molecule has 0 aliphatic carbocycles. The summed E-state index contributed by atoms with van der Waals surface area (Å²) in [7, 11) is -4.40. The van der Waals surface area contributed by atoms with E-state index in [1.54, 1.807) is 30.8 Å². The molecule has 0 bridgehead atoms. The van der Waals surface area contributed by atoms with E-state index in [0.29, 0.717) is 38.2 Å². The molecule has 11 nitrogen and oxygen atoms in total. The molecule has 1 saturated heterocycles. The molecule has 13 heteroatoms. The molecule has 216 valence electrons. The zero-order valence-electron chi connectivity index (χ0n) is 22.3. The van der Waals surface area contributed by atoms with Crippen molar-refractivity contribution in [2.75, 3.05) is 35.6 Å². The topological polar surface area (TPSA) is 159 Å². The highest BCUT2D eigenvalue weighted by atomic mass is 32.2. The number of carboxylic acids is 1. The second-order valence-corrected chi connectivity index (χ2v) is 12.7. The number of hydrogen-bond donors (Lipinski definition) is 3. The monoisotopic (exact) mass is 598 g/mol. The molecule has 0 radical (unpaired) electrons. The molecule has 1 aliphatic heterocycles. The van der Waals surface area contributed by atoms with Gasteiger partial charge in [-0.15, -0.1) is 11.8 Å². The Balaban J connectivity index is 1.38. The van der Waals surface area contributed by atoms with Crippen molar-refractivity contribution in [1.29, 1.82) is 0 Å². The molecule has 0 atom stereocenters. The standard InChI is InChI=1S/C28H30N4O7S2/c1-28(27(34)35)13-16-31(17-14-28)21-9-7-20(8-10-21)26(33)30-41(38,39)23-11-12-24(25(19-23)32(36)37)29-15-18-40-22-5-3-2-4-6-22/h2-12,19,29H,13-18H2,1H3,(H,30,33)(H,34,35). The van der Waals surface area contributed by atoms with Crippen molar-refractivity contribution in [3.63, 3.8) is 0 Å². The van der Waals surface area contributed by atoms with Crippen LogP contribution in [0, 0.1) is 15.5 Å². The summed E-state index contributed by atoms with van der Waals surface area (Å²) >= 11 is 1.58. The maximum Gasteiger partial charge on any atom is 0.309 e. The number of nitro groups is 1. The van der Waals surface area contributed by atoms with E-state index in [0.717, 1.165) is 16.6 Å². The fourth-order valence-corrected chi connectivity index (χ4v) is 6.17. The third-order valence-electron chi connectivity index (χ3n) is 7.01. The smallest absolute Gasteiger partial charge is 0.309 e. The van der Waals surface area contributed by atoms with Gasteiger partial charge in [-0.3, -0.25) is 19.7 Å². The van der Waals surface area contributed by atoms with Gasteiger partial charge in [0, 0.05) is 47.6 Å². The van der Waals surface area contributed by atoms with Gasteiger partial charge in [-0.2, -0.15) is 0 Å². The van der Waals surface area contributed by atoms with Gasteiger partial charge >= 0.3 is 5.97 Å². The third kappa shape index (κ3) is 7.35. The maximum absolute atomic E-state index is 12.9. The first kappa shape index (κ1) is 29.9. The molecule has 0 aromatic heterocycles. The van der Waals surface area contributed by atoms with Gasteiger partial charge in [-0.25, -0.2) is 13.1 Å². The number of carboxylic acid groups (broad SMARTS) is 1. The number of amides is 1. The van der Waals surface area contributed by atoms with E-state index in [4.69, 9.17) is 0 Å². The van der Waals surface area contributed by atoms with E-state index < -0.39 is 42.8 Å². The van der Waals surface area contributed by atoms with Crippen LogP contribution in [0.3, 0.4) is 0 Å². The molecule has 1 aliphatic rings. The molecule has 3 aromatic rings. The summed E-state index contributed by atoms with van der Waals surface area (Å²) in [4.78, 5) is 37.9. The Morgan fingerprint density at radius 1 is 1.05 bits per heavy atom. The van der Waals surface area contributed by atoms with E-state index in [1.807, 2.05) is 40.0 Å². The zero-order valence-corrected chi connectivity index (χ0v) is 23.9. The molecule has 0 spiro atoms. The van der Waals surface area contributed by atoms with E-state index in [1.165, 1.54) is 24.3 Å². The number of benzene rings is 3. The quantitative estimate of drug-likeness (QED) is 0.123. The second-order valence-electron chi connectivity index (χ2n) is 9.86. The number of nitrogens with zero attached hydrogens (tertiary/aromatic N) is 2. The lowest BCUT2D eigenvalue weighted by atomic mass is 9.80. The Labute approximate surface area is 242 Å². The van der Waals surface area contributed by atoms with E-state index >= 15 is 0 Å². The zero-order chi connectivity index (χ0) is 29.6. The van der Waals surface area contributed by atoms with Gasteiger partial charge in [0.15, 0.2) is 0 Å². The number of nitro benzene ring substituents is 1. The molecule has 1 fully saturated rings. The van der Waals surface area contributed by atoms with Gasteiger partial charge in [-0.1, -0.05) is 18.2 Å². The van der Waals surface area contributed by atoms with Crippen LogP contribution in [0.5, 0.6) is 0 Å². The summed E-state index contributed by atoms with van der Waals surface area (Å²) < 4.78 is 27.8. The van der Waals surface area contributed by atoms with Crippen LogP contribution < -0.4 is 14.9 Å². The van der Waals surface area contributed by atoms with Crippen LogP contribution in [-0.2, 0) is 14.8 Å². The second kappa shape index (κ2) is 12.6. The lowest BCUT2D eigenvalue weighted by Gasteiger charge is -2.37. The molecular formula is C28H30N4O7S2. The number of nitrogens with one attached hydrogen (secondary N) is 2. The molecule has 41 heavy (non-hydrogen) atoms. The minimum atomic E-state index is -4.40. The SMILES string of the molecule is CC1(C(=O)O)CCN(c2ccc(C(=O)NS(=O)(=O)c3ccc(NCCSc4ccccc4)c([N+](=O)[O-])c3)cc2)CC1. The Morgan fingerprint density at radius 2 is 1.71 bits per heavy atom. The number of thioether (sulfide) groups is 1. The summed E-state index contributed by atoms with van der Waals surface area (Å²) in [6.07, 6.45) is 0.964. The summed E-state index contributed by atoms with van der Waals surface area (Å²) in [5, 5.41) is 24.1. The van der Waals surface area contributed by atoms with Crippen molar-refractivity contribution < 1.29 is 28.0 Å². The number of carbonyl (C=O) groups excluding carboxylic acids is 1. The van der Waals surface area contributed by atoms with Crippen LogP contribution in [0.2, 0.25) is 0 Å². The number of anilines is 2. The lowest BCUT2D eigenvalue weighted by molar-refractivity contribution is -0.384. The highest BCUT2D eigenvalue weighted by molar-refractivity contribution is 7.99. The predicted octanol–water partition coefficient (Wildman–Crippen LogP) is 4.61. The number of carbonyl (C=O) groups is 2. The first-order valence-corrected chi connectivity index (χ1v) is 15.3. The number of aliphatic carboxylic acids is 1. The van der Waals surface area contributed by atoms with Crippen molar-refractivity contribution in [2.45, 2.75) is 29.6 Å². The number of sulfonamides is 1. The lowest BCUT2D eigenvalue weighted by Crippen LogP contribution is -2.42. The van der Waals surface area contributed by atoms with Crippen LogP contribution in [0.25, 0.3) is 0 Å². The van der Waals surface area contributed by atoms with Crippen molar-refractivity contribution in [3.05, 3.63) is 88.5 Å². The number of hydrogen-bond acceptors (Lipinski definition) is 9. The molecular weight excluding hydrogens is 568 g/mol. The third-order valence-corrected chi connectivity index (χ3v) is 9.35. The molecule has 1 heterocycles. The van der Waals surface area contributed by atoms with Crippen molar-refractivity contribution in [3.8, 4) is 0 Å². The van der Waals surface area contributed by atoms with Gasteiger partial charge in [0.25, 0.3) is 21.6 Å². The minimum Gasteiger partial charge on any atom is -0.481 e. The van der Waals surface area contributed by atoms with Gasteiger partial charge in [0.1, 0.15) is 5.69 Å². The number of rotatable bonds is 11. The molecule has 0 unspecified atom stereocenters. The highest BCUT2D eigenvalue weighted by Gasteiger charge is 2.37. The minimum absolute atomic E-state index is 0.0911. The molecule has 4 rings (SSSR count). The van der Waals surface area contributed by atoms with Crippen molar-refractivity contribution in [2.24, 2.45) is 5.41 Å². The summed E-state index contributed by atoms with van der Waals surface area (Å²) in [5.41, 5.74) is -0.137. The molecule has 0 saturated carbocycles. The van der Waals surface area contributed by atoms with Gasteiger partial charge in [0.2, 0.25) is 0 Å². The Morgan fingerprint density at radius 3 is 2.32 bits per heavy atom. The summed E-state index contributed by atoms with van der Waals surface area (Å²) in [5.74, 6) is -1.06. The average molecular weight is 599 g/mol. The van der Waals surface area contributed by atoms with E-state index in [9.17, 15) is 33.2 Å². The summed E-state index contributed by atoms with van der Waals surface area (Å²) in [6.45, 7) is 3.22. The molecule has 3 N–H and O–H groups in total. The van der Waals surface area contributed by atoms with Crippen LogP contribution in [-0.4, -0.2) is 55.7 Å². The van der Waals surface area contributed by atoms with Crippen molar-refractivity contribution >= 4 is 50.7 Å². The first-order chi connectivity index (χ1) is 19.5. The van der Waals surface area contributed by atoms with Gasteiger partial charge < -0.3 is 15.3 Å². The van der Waals surface area contributed by atoms with Crippen LogP contribution in [0.15, 0.2) is 82.6 Å². The summed E-state index contributed by atoms with van der Waals surface area (Å²) in [6, 6.07) is 19.4. The van der Waals surface area contributed by atoms with Gasteiger partial charge in [-0.05, 0) is 68.3 Å². The Kier molecular flexibility index (Phi) is 9.18. The largest absolute Gasteiger partial charge is 0.481 e. The van der Waals surface area contributed by atoms with Crippen LogP contribution in [0.1, 0.15) is 30.1 Å². The molecule has 1 amide bonds. The Hall–Kier alpha value is -4.10. The Bertz CT molecular complexity index is 1520. The van der Waals surface area contributed by atoms with Crippen LogP contribution >= 0.6 is 11.8 Å². The average Bonchev–Trinajstić information content (AvgIpc) is 2.96. The fraction of sp³-hybridized carbons (Fsp3) is 0.286. The van der Waals surface area contributed by atoms with Gasteiger partial charge in [0.05, 0.1) is 15.2 Å². The first-order valence-electron chi connectivity index (χ1n) is 12.8. The maximum atomic E-state index is 12.9. The van der Waals surface area contributed by atoms with E-state index in [2.05, 4.69) is 5.32 Å². The number of piperidine rings is 1.